The third-order valence-electron chi connectivity index (χ3n) is 2.43. The molecule has 118 valence electrons. The first-order chi connectivity index (χ1) is 10.3. The van der Waals surface area contributed by atoms with E-state index in [9.17, 15) is 18.8 Å². The number of benzene rings is 1. The maximum atomic E-state index is 13.0. The molecule has 0 aliphatic heterocycles. The van der Waals surface area contributed by atoms with Crippen LogP contribution < -0.4 is 5.32 Å². The topological polar surface area (TPSA) is 81.7 Å². The zero-order chi connectivity index (χ0) is 16.7. The molecule has 0 unspecified atom stereocenters. The molecule has 1 N–H and O–H groups in total. The molecule has 6 nitrogen and oxygen atoms in total. The molecule has 0 aromatic heterocycles. The first kappa shape index (κ1) is 17.6. The summed E-state index contributed by atoms with van der Waals surface area (Å²) in [6.07, 6.45) is 0.252. The Bertz CT molecular complexity index is 617. The van der Waals surface area contributed by atoms with Gasteiger partial charge in [0.05, 0.1) is 12.1 Å². The zero-order valence-electron chi connectivity index (χ0n) is 11.8. The molecule has 0 saturated carbocycles. The lowest BCUT2D eigenvalue weighted by Crippen LogP contribution is -2.39. The molecule has 0 fully saturated rings. The summed E-state index contributed by atoms with van der Waals surface area (Å²) in [6.45, 7) is 1.29. The van der Waals surface area contributed by atoms with Crippen molar-refractivity contribution in [3.05, 3.63) is 40.7 Å². The van der Waals surface area contributed by atoms with Crippen molar-refractivity contribution in [2.45, 2.75) is 13.0 Å². The predicted molar refractivity (Wildman–Crippen MR) is 76.5 cm³/mol. The Balaban J connectivity index is 2.58. The Kier molecular flexibility index (Phi) is 6.52. The van der Waals surface area contributed by atoms with E-state index in [2.05, 4.69) is 4.74 Å². The molecule has 1 rings (SSSR count). The van der Waals surface area contributed by atoms with Crippen molar-refractivity contribution < 1.29 is 28.2 Å². The smallest absolute Gasteiger partial charge is 0.413 e. The maximum absolute atomic E-state index is 13.0. The summed E-state index contributed by atoms with van der Waals surface area (Å²) >= 11 is 5.60. The fourth-order valence-corrected chi connectivity index (χ4v) is 1.49. The summed E-state index contributed by atoms with van der Waals surface area (Å²) in [4.78, 5) is 33.8. The van der Waals surface area contributed by atoms with Crippen LogP contribution in [0.4, 0.5) is 9.18 Å². The van der Waals surface area contributed by atoms with Gasteiger partial charge in [-0.2, -0.15) is 0 Å². The third-order valence-corrected chi connectivity index (χ3v) is 2.72. The van der Waals surface area contributed by atoms with E-state index in [1.807, 2.05) is 5.32 Å². The summed E-state index contributed by atoms with van der Waals surface area (Å²) < 4.78 is 22.0. The molecule has 22 heavy (non-hydrogen) atoms. The molecule has 0 saturated heterocycles. The molecule has 0 heterocycles. The van der Waals surface area contributed by atoms with Crippen LogP contribution >= 0.6 is 11.6 Å². The number of nitrogens with one attached hydrogen (secondary N) is 1. The Morgan fingerprint density at radius 1 is 1.36 bits per heavy atom. The lowest BCUT2D eigenvalue weighted by atomic mass is 10.2. The van der Waals surface area contributed by atoms with Crippen molar-refractivity contribution in [2.24, 2.45) is 0 Å². The molecule has 2 amide bonds. The van der Waals surface area contributed by atoms with Crippen molar-refractivity contribution in [3.63, 3.8) is 0 Å². The van der Waals surface area contributed by atoms with E-state index in [4.69, 9.17) is 16.3 Å². The van der Waals surface area contributed by atoms with Gasteiger partial charge in [0.1, 0.15) is 5.82 Å². The minimum absolute atomic E-state index is 0.0821. The van der Waals surface area contributed by atoms with Crippen LogP contribution in [-0.4, -0.2) is 31.2 Å². The summed E-state index contributed by atoms with van der Waals surface area (Å²) in [6, 6.07) is 3.90. The molecule has 0 aliphatic rings. The number of halogens is 2. The van der Waals surface area contributed by atoms with Crippen LogP contribution in [0.2, 0.25) is 5.02 Å². The van der Waals surface area contributed by atoms with Gasteiger partial charge in [0.2, 0.25) is 0 Å². The minimum atomic E-state index is -1.19. The Labute approximate surface area is 130 Å². The van der Waals surface area contributed by atoms with E-state index in [0.717, 1.165) is 19.3 Å². The number of alkyl carbamates (subject to hydrolysis) is 1. The summed E-state index contributed by atoms with van der Waals surface area (Å²) in [7, 11) is 1.09. The molecule has 0 bridgehead atoms. The maximum Gasteiger partial charge on any atom is 0.413 e. The van der Waals surface area contributed by atoms with Gasteiger partial charge in [-0.15, -0.1) is 0 Å². The SMILES string of the molecule is COC(=O)NC(=O)[C@@H](C)OC(=O)/C=C/c1ccc(F)c(Cl)c1. The van der Waals surface area contributed by atoms with Gasteiger partial charge < -0.3 is 9.47 Å². The quantitative estimate of drug-likeness (QED) is 0.677. The van der Waals surface area contributed by atoms with Crippen LogP contribution in [-0.2, 0) is 19.1 Å². The van der Waals surface area contributed by atoms with Gasteiger partial charge in [0.25, 0.3) is 5.91 Å². The highest BCUT2D eigenvalue weighted by molar-refractivity contribution is 6.30. The first-order valence-electron chi connectivity index (χ1n) is 6.06. The second-order valence-electron chi connectivity index (χ2n) is 4.07. The lowest BCUT2D eigenvalue weighted by molar-refractivity contribution is -0.149. The van der Waals surface area contributed by atoms with E-state index in [-0.39, 0.29) is 5.02 Å². The average molecular weight is 330 g/mol. The lowest BCUT2D eigenvalue weighted by Gasteiger charge is -2.10. The van der Waals surface area contributed by atoms with Gasteiger partial charge >= 0.3 is 12.1 Å². The zero-order valence-corrected chi connectivity index (χ0v) is 12.5. The number of rotatable bonds is 4. The molecule has 0 aliphatic carbocycles. The van der Waals surface area contributed by atoms with Crippen molar-refractivity contribution in [2.75, 3.05) is 7.11 Å². The van der Waals surface area contributed by atoms with Crippen LogP contribution in [0.5, 0.6) is 0 Å². The molecule has 1 atom stereocenters. The van der Waals surface area contributed by atoms with Crippen LogP contribution in [0.1, 0.15) is 12.5 Å². The van der Waals surface area contributed by atoms with Crippen LogP contribution in [0.15, 0.2) is 24.3 Å². The highest BCUT2D eigenvalue weighted by atomic mass is 35.5. The van der Waals surface area contributed by atoms with E-state index in [1.165, 1.54) is 25.1 Å². The van der Waals surface area contributed by atoms with Crippen molar-refractivity contribution in [1.82, 2.24) is 5.32 Å². The van der Waals surface area contributed by atoms with Gasteiger partial charge in [0, 0.05) is 6.08 Å². The number of amides is 2. The van der Waals surface area contributed by atoms with Gasteiger partial charge in [-0.05, 0) is 30.7 Å². The first-order valence-corrected chi connectivity index (χ1v) is 6.44. The highest BCUT2D eigenvalue weighted by Gasteiger charge is 2.19. The predicted octanol–water partition coefficient (Wildman–Crippen LogP) is 2.31. The van der Waals surface area contributed by atoms with E-state index in [0.29, 0.717) is 5.56 Å². The van der Waals surface area contributed by atoms with Crippen molar-refractivity contribution in [3.8, 4) is 0 Å². The van der Waals surface area contributed by atoms with Gasteiger partial charge in [0.15, 0.2) is 6.10 Å². The van der Waals surface area contributed by atoms with Crippen LogP contribution in [0.25, 0.3) is 6.08 Å². The number of hydrogen-bond acceptors (Lipinski definition) is 5. The Morgan fingerprint density at radius 2 is 2.05 bits per heavy atom. The van der Waals surface area contributed by atoms with Crippen LogP contribution in [0, 0.1) is 5.82 Å². The summed E-state index contributed by atoms with van der Waals surface area (Å²) in [5.74, 6) is -2.21. The average Bonchev–Trinajstić information content (AvgIpc) is 2.48. The van der Waals surface area contributed by atoms with E-state index >= 15 is 0 Å². The largest absolute Gasteiger partial charge is 0.453 e. The number of hydrogen-bond donors (Lipinski definition) is 1. The van der Waals surface area contributed by atoms with E-state index < -0.39 is 29.9 Å². The minimum Gasteiger partial charge on any atom is -0.453 e. The fourth-order valence-electron chi connectivity index (χ4n) is 1.30. The second-order valence-corrected chi connectivity index (χ2v) is 4.47. The molecule has 1 aromatic carbocycles. The third kappa shape index (κ3) is 5.53. The number of imide groups is 1. The normalized spacial score (nSPS) is 11.8. The molecular formula is C14H13ClFNO5. The fraction of sp³-hybridized carbons (Fsp3) is 0.214. The molecule has 0 spiro atoms. The number of esters is 1. The molecular weight excluding hydrogens is 317 g/mol. The Hall–Kier alpha value is -2.41. The highest BCUT2D eigenvalue weighted by Crippen LogP contribution is 2.16. The molecule has 0 radical (unpaired) electrons. The Morgan fingerprint density at radius 3 is 2.64 bits per heavy atom. The molecule has 1 aromatic rings. The standard InChI is InChI=1S/C14H13ClFNO5/c1-8(13(19)17-14(20)21-2)22-12(18)6-4-9-3-5-11(16)10(15)7-9/h3-8H,1-2H3,(H,17,19,20)/b6-4+/t8-/m1/s1. The van der Waals surface area contributed by atoms with Gasteiger partial charge in [-0.3, -0.25) is 10.1 Å². The van der Waals surface area contributed by atoms with Crippen LogP contribution in [0.3, 0.4) is 0 Å². The van der Waals surface area contributed by atoms with Gasteiger partial charge in [-0.1, -0.05) is 17.7 Å². The second kappa shape index (κ2) is 8.14. The number of carbonyl (C=O) groups is 3. The monoisotopic (exact) mass is 329 g/mol. The number of ether oxygens (including phenoxy) is 2. The van der Waals surface area contributed by atoms with Crippen molar-refractivity contribution in [1.29, 1.82) is 0 Å². The summed E-state index contributed by atoms with van der Waals surface area (Å²) in [5.41, 5.74) is 0.481. The number of carbonyl (C=O) groups excluding carboxylic acids is 3. The molecule has 8 heteroatoms. The number of methoxy groups -OCH3 is 1. The summed E-state index contributed by atoms with van der Waals surface area (Å²) in [5, 5.41) is 1.78. The van der Waals surface area contributed by atoms with Gasteiger partial charge in [-0.25, -0.2) is 14.0 Å². The van der Waals surface area contributed by atoms with E-state index in [1.54, 1.807) is 0 Å². The van der Waals surface area contributed by atoms with Crippen molar-refractivity contribution >= 4 is 35.6 Å².